The Hall–Kier alpha value is -0.790. The molecule has 3 heterocycles. The van der Waals surface area contributed by atoms with Crippen LogP contribution in [0.25, 0.3) is 0 Å². The van der Waals surface area contributed by atoms with Crippen molar-refractivity contribution in [2.24, 2.45) is 5.92 Å². The molecule has 0 aromatic heterocycles. The first-order valence-electron chi connectivity index (χ1n) is 9.18. The Morgan fingerprint density at radius 3 is 2.62 bits per heavy atom. The molecule has 3 saturated heterocycles. The number of hydrogen-bond acceptors (Lipinski definition) is 5. The van der Waals surface area contributed by atoms with E-state index in [0.29, 0.717) is 13.0 Å². The Kier molecular flexibility index (Phi) is 6.80. The van der Waals surface area contributed by atoms with Gasteiger partial charge >= 0.3 is 0 Å². The standard InChI is InChI=1S/C17H29N3O3S/c21-16-3-2-15(17(22)19-8-12-24-13-9-19)14-20(16)5-1-4-18-6-10-23-11-7-18/h15H,1-14H2/t15-/m1/s1. The van der Waals surface area contributed by atoms with E-state index in [2.05, 4.69) is 4.90 Å². The first-order chi connectivity index (χ1) is 11.7. The molecule has 0 bridgehead atoms. The van der Waals surface area contributed by atoms with E-state index in [1.807, 2.05) is 21.6 Å². The number of rotatable bonds is 5. The van der Waals surface area contributed by atoms with Crippen LogP contribution in [-0.2, 0) is 14.3 Å². The molecule has 0 saturated carbocycles. The smallest absolute Gasteiger partial charge is 0.227 e. The van der Waals surface area contributed by atoms with E-state index in [-0.39, 0.29) is 17.7 Å². The van der Waals surface area contributed by atoms with Gasteiger partial charge in [-0.15, -0.1) is 0 Å². The molecule has 3 aliphatic rings. The average Bonchev–Trinajstić information content (AvgIpc) is 2.64. The second-order valence-electron chi connectivity index (χ2n) is 6.82. The minimum atomic E-state index is 0.00851. The summed E-state index contributed by atoms with van der Waals surface area (Å²) in [5.74, 6) is 2.58. The number of nitrogens with zero attached hydrogens (tertiary/aromatic N) is 3. The van der Waals surface area contributed by atoms with Gasteiger partial charge in [0, 0.05) is 63.7 Å². The zero-order valence-corrected chi connectivity index (χ0v) is 15.3. The zero-order valence-electron chi connectivity index (χ0n) is 14.5. The van der Waals surface area contributed by atoms with E-state index in [9.17, 15) is 9.59 Å². The van der Waals surface area contributed by atoms with Crippen LogP contribution in [0.2, 0.25) is 0 Å². The summed E-state index contributed by atoms with van der Waals surface area (Å²) in [4.78, 5) is 31.2. The summed E-state index contributed by atoms with van der Waals surface area (Å²) in [5, 5.41) is 0. The summed E-state index contributed by atoms with van der Waals surface area (Å²) >= 11 is 1.92. The highest BCUT2D eigenvalue weighted by atomic mass is 32.2. The summed E-state index contributed by atoms with van der Waals surface area (Å²) in [5.41, 5.74) is 0. The van der Waals surface area contributed by atoms with E-state index < -0.39 is 0 Å². The molecule has 24 heavy (non-hydrogen) atoms. The fourth-order valence-corrected chi connectivity index (χ4v) is 4.59. The number of hydrogen-bond donors (Lipinski definition) is 0. The number of piperidine rings is 1. The van der Waals surface area contributed by atoms with Crippen LogP contribution in [0.3, 0.4) is 0 Å². The molecule has 3 fully saturated rings. The molecule has 0 aromatic carbocycles. The molecule has 3 aliphatic heterocycles. The molecule has 0 radical (unpaired) electrons. The highest BCUT2D eigenvalue weighted by Gasteiger charge is 2.33. The summed E-state index contributed by atoms with van der Waals surface area (Å²) in [7, 11) is 0. The van der Waals surface area contributed by atoms with Gasteiger partial charge in [0.15, 0.2) is 0 Å². The van der Waals surface area contributed by atoms with Gasteiger partial charge in [-0.05, 0) is 12.8 Å². The second kappa shape index (κ2) is 9.06. The van der Waals surface area contributed by atoms with Crippen LogP contribution in [0.1, 0.15) is 19.3 Å². The predicted octanol–water partition coefficient (Wildman–Crippen LogP) is 0.523. The average molecular weight is 356 g/mol. The van der Waals surface area contributed by atoms with Crippen LogP contribution < -0.4 is 0 Å². The molecule has 7 heteroatoms. The lowest BCUT2D eigenvalue weighted by Gasteiger charge is -2.36. The van der Waals surface area contributed by atoms with Crippen LogP contribution in [-0.4, -0.2) is 97.0 Å². The molecule has 0 aliphatic carbocycles. The van der Waals surface area contributed by atoms with Gasteiger partial charge in [-0.25, -0.2) is 0 Å². The lowest BCUT2D eigenvalue weighted by atomic mass is 9.95. The van der Waals surface area contributed by atoms with Gasteiger partial charge in [0.1, 0.15) is 0 Å². The molecular weight excluding hydrogens is 326 g/mol. The van der Waals surface area contributed by atoms with Crippen LogP contribution in [0.4, 0.5) is 0 Å². The summed E-state index contributed by atoms with van der Waals surface area (Å²) in [6, 6.07) is 0. The molecule has 6 nitrogen and oxygen atoms in total. The Morgan fingerprint density at radius 1 is 1.12 bits per heavy atom. The van der Waals surface area contributed by atoms with Crippen molar-refractivity contribution < 1.29 is 14.3 Å². The summed E-state index contributed by atoms with van der Waals surface area (Å²) < 4.78 is 5.36. The number of amides is 2. The summed E-state index contributed by atoms with van der Waals surface area (Å²) in [6.45, 7) is 7.73. The summed E-state index contributed by atoms with van der Waals surface area (Å²) in [6.07, 6.45) is 2.23. The Balaban J connectivity index is 1.44. The van der Waals surface area contributed by atoms with Crippen LogP contribution >= 0.6 is 11.8 Å². The van der Waals surface area contributed by atoms with E-state index >= 15 is 0 Å². The monoisotopic (exact) mass is 355 g/mol. The quantitative estimate of drug-likeness (QED) is 0.720. The molecule has 2 amide bonds. The number of likely N-dealkylation sites (tertiary alicyclic amines) is 1. The Morgan fingerprint density at radius 2 is 1.88 bits per heavy atom. The van der Waals surface area contributed by atoms with Gasteiger partial charge < -0.3 is 14.5 Å². The van der Waals surface area contributed by atoms with Crippen LogP contribution in [0.15, 0.2) is 0 Å². The van der Waals surface area contributed by atoms with Crippen LogP contribution in [0, 0.1) is 5.92 Å². The first-order valence-corrected chi connectivity index (χ1v) is 10.3. The third-order valence-corrected chi connectivity index (χ3v) is 6.12. The van der Waals surface area contributed by atoms with Crippen molar-refractivity contribution >= 4 is 23.6 Å². The van der Waals surface area contributed by atoms with Gasteiger partial charge in [-0.2, -0.15) is 11.8 Å². The van der Waals surface area contributed by atoms with Crippen molar-refractivity contribution in [2.75, 3.05) is 70.5 Å². The highest BCUT2D eigenvalue weighted by molar-refractivity contribution is 7.99. The third-order valence-electron chi connectivity index (χ3n) is 5.18. The number of ether oxygens (including phenoxy) is 1. The van der Waals surface area contributed by atoms with Gasteiger partial charge in [-0.3, -0.25) is 14.5 Å². The molecule has 0 aromatic rings. The van der Waals surface area contributed by atoms with Gasteiger partial charge in [0.05, 0.1) is 19.1 Å². The number of carbonyl (C=O) groups is 2. The predicted molar refractivity (Wildman–Crippen MR) is 95.1 cm³/mol. The second-order valence-corrected chi connectivity index (χ2v) is 8.05. The number of thioether (sulfide) groups is 1. The molecule has 136 valence electrons. The van der Waals surface area contributed by atoms with E-state index in [1.165, 1.54) is 0 Å². The number of carbonyl (C=O) groups excluding carboxylic acids is 2. The zero-order chi connectivity index (χ0) is 16.8. The Labute approximate surface area is 148 Å². The molecular formula is C17H29N3O3S. The number of morpholine rings is 1. The fraction of sp³-hybridized carbons (Fsp3) is 0.882. The minimum Gasteiger partial charge on any atom is -0.379 e. The highest BCUT2D eigenvalue weighted by Crippen LogP contribution is 2.22. The van der Waals surface area contributed by atoms with E-state index in [1.54, 1.807) is 0 Å². The van der Waals surface area contributed by atoms with Gasteiger partial charge in [0.25, 0.3) is 0 Å². The normalized spacial score (nSPS) is 26.7. The van der Waals surface area contributed by atoms with Crippen molar-refractivity contribution in [3.8, 4) is 0 Å². The maximum Gasteiger partial charge on any atom is 0.227 e. The lowest BCUT2D eigenvalue weighted by Crippen LogP contribution is -2.49. The maximum absolute atomic E-state index is 12.7. The molecule has 3 rings (SSSR count). The van der Waals surface area contributed by atoms with Crippen molar-refractivity contribution in [2.45, 2.75) is 19.3 Å². The van der Waals surface area contributed by atoms with E-state index in [0.717, 1.165) is 76.8 Å². The molecule has 0 N–H and O–H groups in total. The van der Waals surface area contributed by atoms with Crippen molar-refractivity contribution in [1.82, 2.24) is 14.7 Å². The van der Waals surface area contributed by atoms with Crippen molar-refractivity contribution in [3.05, 3.63) is 0 Å². The third kappa shape index (κ3) is 4.86. The van der Waals surface area contributed by atoms with Crippen molar-refractivity contribution in [3.63, 3.8) is 0 Å². The lowest BCUT2D eigenvalue weighted by molar-refractivity contribution is -0.143. The van der Waals surface area contributed by atoms with Gasteiger partial charge in [-0.1, -0.05) is 0 Å². The van der Waals surface area contributed by atoms with Gasteiger partial charge in [0.2, 0.25) is 11.8 Å². The van der Waals surface area contributed by atoms with Crippen molar-refractivity contribution in [1.29, 1.82) is 0 Å². The van der Waals surface area contributed by atoms with E-state index in [4.69, 9.17) is 4.74 Å². The maximum atomic E-state index is 12.7. The molecule has 1 atom stereocenters. The minimum absolute atomic E-state index is 0.00851. The molecule has 0 spiro atoms. The largest absolute Gasteiger partial charge is 0.379 e. The first kappa shape index (κ1) is 18.0. The SMILES string of the molecule is O=C1CC[C@@H](C(=O)N2CCSCC2)CN1CCCN1CCOCC1. The topological polar surface area (TPSA) is 53.1 Å². The fourth-order valence-electron chi connectivity index (χ4n) is 3.68. The molecule has 0 unspecified atom stereocenters. The van der Waals surface area contributed by atoms with Crippen LogP contribution in [0.5, 0.6) is 0 Å². The Bertz CT molecular complexity index is 437.